The van der Waals surface area contributed by atoms with Gasteiger partial charge in [0.1, 0.15) is 23.5 Å². The van der Waals surface area contributed by atoms with Gasteiger partial charge >= 0.3 is 0 Å². The molecule has 3 aromatic carbocycles. The normalized spacial score (nSPS) is 18.7. The summed E-state index contributed by atoms with van der Waals surface area (Å²) in [4.78, 5) is 57.8. The lowest BCUT2D eigenvalue weighted by atomic mass is 9.97. The molecule has 2 aliphatic heterocycles. The molecule has 45 heavy (non-hydrogen) atoms. The van der Waals surface area contributed by atoms with Crippen LogP contribution in [-0.4, -0.2) is 74.5 Å². The van der Waals surface area contributed by atoms with Crippen molar-refractivity contribution in [2.45, 2.75) is 38.0 Å². The van der Waals surface area contributed by atoms with Crippen LogP contribution in [0.25, 0.3) is 11.0 Å². The van der Waals surface area contributed by atoms with E-state index in [-0.39, 0.29) is 67.9 Å². The van der Waals surface area contributed by atoms with Crippen LogP contribution in [-0.2, 0) is 33.8 Å². The van der Waals surface area contributed by atoms with Crippen molar-refractivity contribution < 1.29 is 23.9 Å². The molecule has 2 saturated heterocycles. The van der Waals surface area contributed by atoms with Crippen molar-refractivity contribution in [3.8, 4) is 5.75 Å². The highest BCUT2D eigenvalue weighted by molar-refractivity contribution is 5.92. The number of amides is 3. The molecule has 0 radical (unpaired) electrons. The maximum Gasteiger partial charge on any atom is 0.246 e. The van der Waals surface area contributed by atoms with Gasteiger partial charge in [-0.25, -0.2) is 10.0 Å². The number of phenolic OH excluding ortho intramolecular Hbond substituents is 1. The number of phenols is 1. The number of para-hydroxylation sites is 1. The molecule has 2 atom stereocenters. The molecule has 4 aromatic rings. The van der Waals surface area contributed by atoms with Crippen molar-refractivity contribution in [3.63, 3.8) is 0 Å². The van der Waals surface area contributed by atoms with Gasteiger partial charge in [-0.1, -0.05) is 60.7 Å². The molecule has 0 bridgehead atoms. The van der Waals surface area contributed by atoms with E-state index in [2.05, 4.69) is 6.58 Å². The van der Waals surface area contributed by atoms with Gasteiger partial charge in [-0.05, 0) is 35.7 Å². The maximum atomic E-state index is 14.3. The fourth-order valence-corrected chi connectivity index (χ4v) is 6.27. The summed E-state index contributed by atoms with van der Waals surface area (Å²) in [5.41, 5.74) is 2.62. The minimum Gasteiger partial charge on any atom is -0.508 e. The Morgan fingerprint density at radius 3 is 2.49 bits per heavy atom. The molecule has 1 N–H and O–H groups in total. The molecule has 2 fully saturated rings. The van der Waals surface area contributed by atoms with Crippen molar-refractivity contribution in [2.75, 3.05) is 19.6 Å². The zero-order valence-electron chi connectivity index (χ0n) is 24.7. The number of benzene rings is 3. The molecule has 0 spiro atoms. The van der Waals surface area contributed by atoms with E-state index in [1.54, 1.807) is 68.4 Å². The molecule has 10 heteroatoms. The van der Waals surface area contributed by atoms with E-state index in [4.69, 9.17) is 4.42 Å². The zero-order chi connectivity index (χ0) is 31.5. The number of hydrogen-bond donors (Lipinski definition) is 1. The number of nitrogens with zero attached hydrogens (tertiary/aromatic N) is 4. The van der Waals surface area contributed by atoms with Gasteiger partial charge in [0, 0.05) is 37.6 Å². The van der Waals surface area contributed by atoms with Gasteiger partial charge in [-0.15, -0.1) is 6.58 Å². The second kappa shape index (κ2) is 12.8. The number of piperazine rings is 1. The number of fused-ring (bicyclic) bond motifs is 2. The molecule has 10 nitrogen and oxygen atoms in total. The largest absolute Gasteiger partial charge is 0.508 e. The van der Waals surface area contributed by atoms with Crippen LogP contribution in [0.4, 0.5) is 0 Å². The van der Waals surface area contributed by atoms with Gasteiger partial charge in [0.05, 0.1) is 24.7 Å². The lowest BCUT2D eigenvalue weighted by Crippen LogP contribution is -2.75. The highest BCUT2D eigenvalue weighted by Crippen LogP contribution is 2.31. The van der Waals surface area contributed by atoms with Crippen LogP contribution in [0.3, 0.4) is 0 Å². The second-order valence-corrected chi connectivity index (χ2v) is 11.3. The van der Waals surface area contributed by atoms with Crippen LogP contribution in [0.15, 0.2) is 107 Å². The molecule has 3 heterocycles. The summed E-state index contributed by atoms with van der Waals surface area (Å²) in [5.74, 6) is -0.620. The average Bonchev–Trinajstić information content (AvgIpc) is 3.04. The van der Waals surface area contributed by atoms with Gasteiger partial charge in [0.15, 0.2) is 5.43 Å². The summed E-state index contributed by atoms with van der Waals surface area (Å²) in [7, 11) is 0. The highest BCUT2D eigenvalue weighted by atomic mass is 16.3. The van der Waals surface area contributed by atoms with Crippen molar-refractivity contribution in [3.05, 3.63) is 125 Å². The first-order valence-electron chi connectivity index (χ1n) is 14.9. The summed E-state index contributed by atoms with van der Waals surface area (Å²) < 4.78 is 5.73. The van der Waals surface area contributed by atoms with Gasteiger partial charge in [0.25, 0.3) is 0 Å². The first-order chi connectivity index (χ1) is 21.8. The molecule has 3 amide bonds. The molecule has 230 valence electrons. The Hall–Kier alpha value is -5.22. The lowest BCUT2D eigenvalue weighted by Gasteiger charge is -2.55. The summed E-state index contributed by atoms with van der Waals surface area (Å²) in [5, 5.41) is 13.6. The standard InChI is InChI=1S/C35H34N4O6/c1-2-18-37-23-33(43)38-29(20-25-11-14-27(40)15-12-25)35(44)36(21-26-9-6-10-28-30(41)17-19-45-34(26)28)22-31(38)39(37)32(42)16-13-24-7-4-3-5-8-24/h2-12,14-15,17,19,29,31,40H,1,13,16,18,20-23H2/t29-,31-/m0/s1. The van der Waals surface area contributed by atoms with Crippen LogP contribution in [0, 0.1) is 0 Å². The van der Waals surface area contributed by atoms with Crippen LogP contribution in [0.5, 0.6) is 5.75 Å². The van der Waals surface area contributed by atoms with E-state index >= 15 is 0 Å². The first-order valence-corrected chi connectivity index (χ1v) is 14.9. The summed E-state index contributed by atoms with van der Waals surface area (Å²) in [6, 6.07) is 21.9. The van der Waals surface area contributed by atoms with Crippen LogP contribution in [0.2, 0.25) is 0 Å². The Balaban J connectivity index is 1.38. The van der Waals surface area contributed by atoms with Crippen molar-refractivity contribution in [1.29, 1.82) is 0 Å². The van der Waals surface area contributed by atoms with Gasteiger partial charge < -0.3 is 19.3 Å². The van der Waals surface area contributed by atoms with E-state index in [0.717, 1.165) is 11.1 Å². The number of rotatable bonds is 9. The molecule has 0 unspecified atom stereocenters. The summed E-state index contributed by atoms with van der Waals surface area (Å²) in [6.45, 7) is 4.22. The summed E-state index contributed by atoms with van der Waals surface area (Å²) >= 11 is 0. The predicted octanol–water partition coefficient (Wildman–Crippen LogP) is 3.48. The van der Waals surface area contributed by atoms with E-state index in [9.17, 15) is 24.3 Å². The third kappa shape index (κ3) is 6.09. The highest BCUT2D eigenvalue weighted by Gasteiger charge is 2.51. The Bertz CT molecular complexity index is 1790. The molecule has 0 aliphatic carbocycles. The first kappa shape index (κ1) is 29.8. The fourth-order valence-electron chi connectivity index (χ4n) is 6.27. The Labute approximate surface area is 260 Å². The van der Waals surface area contributed by atoms with E-state index in [1.165, 1.54) is 12.3 Å². The minimum absolute atomic E-state index is 0.0643. The number of carbonyl (C=O) groups excluding carboxylic acids is 3. The van der Waals surface area contributed by atoms with Gasteiger partial charge in [0.2, 0.25) is 17.7 Å². The van der Waals surface area contributed by atoms with Crippen molar-refractivity contribution in [2.24, 2.45) is 0 Å². The average molecular weight is 607 g/mol. The third-order valence-electron chi connectivity index (χ3n) is 8.39. The van der Waals surface area contributed by atoms with Gasteiger partial charge in [-0.3, -0.25) is 19.2 Å². The number of hydrogen-bond acceptors (Lipinski definition) is 7. The number of carbonyl (C=O) groups is 3. The van der Waals surface area contributed by atoms with E-state index < -0.39 is 12.2 Å². The number of hydrazine groups is 1. The molecule has 6 rings (SSSR count). The smallest absolute Gasteiger partial charge is 0.246 e. The molecular formula is C35H34N4O6. The van der Waals surface area contributed by atoms with Crippen LogP contribution in [0.1, 0.15) is 23.1 Å². The monoisotopic (exact) mass is 606 g/mol. The molecule has 0 saturated carbocycles. The second-order valence-electron chi connectivity index (χ2n) is 11.3. The molecule has 1 aromatic heterocycles. The third-order valence-corrected chi connectivity index (χ3v) is 8.39. The topological polar surface area (TPSA) is 115 Å². The van der Waals surface area contributed by atoms with Gasteiger partial charge in [-0.2, -0.15) is 0 Å². The molecule has 2 aliphatic rings. The van der Waals surface area contributed by atoms with Crippen molar-refractivity contribution in [1.82, 2.24) is 19.8 Å². The fraction of sp³-hybridized carbons (Fsp3) is 0.257. The van der Waals surface area contributed by atoms with E-state index in [1.807, 2.05) is 30.3 Å². The number of aryl methyl sites for hydroxylation is 1. The maximum absolute atomic E-state index is 14.3. The summed E-state index contributed by atoms with van der Waals surface area (Å²) in [6.07, 6.45) is 3.14. The Morgan fingerprint density at radius 1 is 0.956 bits per heavy atom. The SMILES string of the molecule is C=CCN1CC(=O)N2[C@@H](Cc3ccc(O)cc3)C(=O)N(Cc3cccc4c(=O)ccoc34)C[C@@H]2N1C(=O)CCc1ccccc1. The Kier molecular flexibility index (Phi) is 8.48. The predicted molar refractivity (Wildman–Crippen MR) is 168 cm³/mol. The number of aromatic hydroxyl groups is 1. The lowest BCUT2D eigenvalue weighted by molar-refractivity contribution is -0.205. The molecular weight excluding hydrogens is 572 g/mol. The minimum atomic E-state index is -0.905. The van der Waals surface area contributed by atoms with Crippen LogP contribution >= 0.6 is 0 Å². The zero-order valence-corrected chi connectivity index (χ0v) is 24.7. The Morgan fingerprint density at radius 2 is 1.73 bits per heavy atom. The van der Waals surface area contributed by atoms with Crippen LogP contribution < -0.4 is 5.43 Å². The quantitative estimate of drug-likeness (QED) is 0.290. The van der Waals surface area contributed by atoms with Crippen molar-refractivity contribution >= 4 is 28.7 Å². The van der Waals surface area contributed by atoms with E-state index in [0.29, 0.717) is 23.0 Å².